The smallest absolute Gasteiger partial charge is 0.191 e. The molecule has 0 bridgehead atoms. The number of hydrogen-bond donors (Lipinski definition) is 2. The summed E-state index contributed by atoms with van der Waals surface area (Å²) in [5, 5.41) is 6.54. The van der Waals surface area contributed by atoms with Crippen LogP contribution in [0.15, 0.2) is 47.5 Å². The number of halogens is 1. The molecule has 152 valence electrons. The van der Waals surface area contributed by atoms with E-state index >= 15 is 0 Å². The largest absolute Gasteiger partial charge is 0.488 e. The van der Waals surface area contributed by atoms with Crippen molar-refractivity contribution in [3.8, 4) is 5.75 Å². The molecule has 2 aromatic carbocycles. The first-order valence-electron chi connectivity index (χ1n) is 9.30. The highest BCUT2D eigenvalue weighted by Gasteiger charge is 2.14. The van der Waals surface area contributed by atoms with Crippen LogP contribution in [0.5, 0.6) is 5.75 Å². The predicted molar refractivity (Wildman–Crippen MR) is 111 cm³/mol. The van der Waals surface area contributed by atoms with Crippen LogP contribution >= 0.6 is 0 Å². The number of methoxy groups -OCH3 is 1. The number of rotatable bonds is 7. The van der Waals surface area contributed by atoms with Gasteiger partial charge in [0.2, 0.25) is 0 Å². The van der Waals surface area contributed by atoms with Crippen molar-refractivity contribution in [3.05, 3.63) is 65.0 Å². The van der Waals surface area contributed by atoms with Crippen LogP contribution < -0.4 is 15.4 Å². The molecule has 0 saturated carbocycles. The summed E-state index contributed by atoms with van der Waals surface area (Å²) < 4.78 is 24.8. The predicted octanol–water partition coefficient (Wildman–Crippen LogP) is 4.01. The summed E-state index contributed by atoms with van der Waals surface area (Å²) in [4.78, 5) is 4.25. The van der Waals surface area contributed by atoms with Crippen molar-refractivity contribution < 1.29 is 13.9 Å². The first-order chi connectivity index (χ1) is 13.3. The van der Waals surface area contributed by atoms with Crippen molar-refractivity contribution in [1.29, 1.82) is 0 Å². The maximum atomic E-state index is 13.7. The van der Waals surface area contributed by atoms with Gasteiger partial charge >= 0.3 is 0 Å². The molecule has 0 amide bonds. The average molecular weight is 387 g/mol. The lowest BCUT2D eigenvalue weighted by molar-refractivity contribution is 0.129. The van der Waals surface area contributed by atoms with Crippen molar-refractivity contribution in [2.75, 3.05) is 14.2 Å². The van der Waals surface area contributed by atoms with Crippen molar-refractivity contribution in [1.82, 2.24) is 10.6 Å². The lowest BCUT2D eigenvalue weighted by atomic mass is 10.1. The van der Waals surface area contributed by atoms with Crippen molar-refractivity contribution in [2.45, 2.75) is 46.1 Å². The molecule has 0 saturated heterocycles. The molecule has 6 heteroatoms. The molecule has 0 heterocycles. The highest BCUT2D eigenvalue weighted by molar-refractivity contribution is 5.79. The lowest BCUT2D eigenvalue weighted by Gasteiger charge is -2.23. The molecule has 0 atom stereocenters. The van der Waals surface area contributed by atoms with Crippen molar-refractivity contribution in [3.63, 3.8) is 0 Å². The molecule has 2 N–H and O–H groups in total. The summed E-state index contributed by atoms with van der Waals surface area (Å²) in [5.41, 5.74) is 2.27. The summed E-state index contributed by atoms with van der Waals surface area (Å²) in [5.74, 6) is 1.24. The Balaban J connectivity index is 1.97. The molecule has 0 spiro atoms. The Morgan fingerprint density at radius 2 is 1.75 bits per heavy atom. The van der Waals surface area contributed by atoms with E-state index in [0.29, 0.717) is 24.6 Å². The quantitative estimate of drug-likeness (QED) is 0.557. The molecule has 0 aliphatic carbocycles. The van der Waals surface area contributed by atoms with Gasteiger partial charge in [0.15, 0.2) is 5.96 Å². The Hall–Kier alpha value is -2.60. The molecule has 2 rings (SSSR count). The van der Waals surface area contributed by atoms with E-state index in [-0.39, 0.29) is 18.0 Å². The Labute approximate surface area is 167 Å². The fraction of sp³-hybridized carbons (Fsp3) is 0.409. The Morgan fingerprint density at radius 3 is 2.43 bits per heavy atom. The van der Waals surface area contributed by atoms with E-state index in [1.807, 2.05) is 45.0 Å². The van der Waals surface area contributed by atoms with Crippen LogP contribution in [-0.2, 0) is 24.4 Å². The van der Waals surface area contributed by atoms with Gasteiger partial charge in [-0.25, -0.2) is 4.39 Å². The topological polar surface area (TPSA) is 54.9 Å². The van der Waals surface area contributed by atoms with E-state index in [1.165, 1.54) is 6.07 Å². The van der Waals surface area contributed by atoms with Crippen LogP contribution in [0.3, 0.4) is 0 Å². The summed E-state index contributed by atoms with van der Waals surface area (Å²) >= 11 is 0. The Bertz CT molecular complexity index is 801. The molecule has 5 nitrogen and oxygen atoms in total. The van der Waals surface area contributed by atoms with E-state index in [1.54, 1.807) is 26.3 Å². The highest BCUT2D eigenvalue weighted by Crippen LogP contribution is 2.22. The third-order valence-electron chi connectivity index (χ3n) is 3.93. The second-order valence-electron chi connectivity index (χ2n) is 7.46. The number of nitrogens with one attached hydrogen (secondary N) is 2. The standard InChI is InChI=1S/C22H30FN3O2/c1-22(2,3)28-20-9-7-6-8-17(20)14-26-21(24-4)25-13-16-10-11-19(23)18(12-16)15-27-5/h6-12H,13-15H2,1-5H3,(H2,24,25,26). The van der Waals surface area contributed by atoms with Gasteiger partial charge in [0.05, 0.1) is 6.61 Å². The fourth-order valence-corrected chi connectivity index (χ4v) is 2.67. The van der Waals surface area contributed by atoms with Gasteiger partial charge in [-0.2, -0.15) is 0 Å². The van der Waals surface area contributed by atoms with Crippen LogP contribution in [-0.4, -0.2) is 25.7 Å². The van der Waals surface area contributed by atoms with Gasteiger partial charge in [-0.15, -0.1) is 0 Å². The van der Waals surface area contributed by atoms with E-state index < -0.39 is 0 Å². The molecule has 2 aromatic rings. The van der Waals surface area contributed by atoms with Crippen LogP contribution in [0.2, 0.25) is 0 Å². The maximum absolute atomic E-state index is 13.7. The first kappa shape index (κ1) is 21.7. The molecular formula is C22H30FN3O2. The molecule has 0 aliphatic heterocycles. The number of benzene rings is 2. The monoisotopic (exact) mass is 387 g/mol. The third-order valence-corrected chi connectivity index (χ3v) is 3.93. The summed E-state index contributed by atoms with van der Waals surface area (Å²) in [7, 11) is 3.27. The average Bonchev–Trinajstić information content (AvgIpc) is 2.64. The highest BCUT2D eigenvalue weighted by atomic mass is 19.1. The molecule has 0 aliphatic rings. The van der Waals surface area contributed by atoms with E-state index in [9.17, 15) is 4.39 Å². The number of nitrogens with zero attached hydrogens (tertiary/aromatic N) is 1. The lowest BCUT2D eigenvalue weighted by Crippen LogP contribution is -2.36. The summed E-state index contributed by atoms with van der Waals surface area (Å²) in [6.07, 6.45) is 0. The van der Waals surface area contributed by atoms with Gasteiger partial charge in [0.25, 0.3) is 0 Å². The van der Waals surface area contributed by atoms with Crippen molar-refractivity contribution in [2.24, 2.45) is 4.99 Å². The second-order valence-corrected chi connectivity index (χ2v) is 7.46. The van der Waals surface area contributed by atoms with Crippen LogP contribution in [0.4, 0.5) is 4.39 Å². The van der Waals surface area contributed by atoms with Gasteiger partial charge in [0.1, 0.15) is 17.2 Å². The van der Waals surface area contributed by atoms with Gasteiger partial charge in [-0.05, 0) is 44.5 Å². The van der Waals surface area contributed by atoms with Crippen LogP contribution in [0, 0.1) is 5.82 Å². The minimum absolute atomic E-state index is 0.247. The maximum Gasteiger partial charge on any atom is 0.191 e. The third kappa shape index (κ3) is 6.85. The molecule has 0 fully saturated rings. The zero-order chi connectivity index (χ0) is 20.6. The van der Waals surface area contributed by atoms with Crippen molar-refractivity contribution >= 4 is 5.96 Å². The normalized spacial score (nSPS) is 12.0. The first-order valence-corrected chi connectivity index (χ1v) is 9.30. The van der Waals surface area contributed by atoms with Gasteiger partial charge in [-0.1, -0.05) is 24.3 Å². The summed E-state index contributed by atoms with van der Waals surface area (Å²) in [6, 6.07) is 12.9. The van der Waals surface area contributed by atoms with Crippen LogP contribution in [0.25, 0.3) is 0 Å². The number of guanidine groups is 1. The Morgan fingerprint density at radius 1 is 1.04 bits per heavy atom. The van der Waals surface area contributed by atoms with E-state index in [2.05, 4.69) is 15.6 Å². The van der Waals surface area contributed by atoms with E-state index in [0.717, 1.165) is 16.9 Å². The second kappa shape index (κ2) is 10.1. The zero-order valence-electron chi connectivity index (χ0n) is 17.3. The zero-order valence-corrected chi connectivity index (χ0v) is 17.3. The molecule has 0 aromatic heterocycles. The van der Waals surface area contributed by atoms with Gasteiger partial charge in [0, 0.05) is 38.4 Å². The minimum Gasteiger partial charge on any atom is -0.488 e. The molecular weight excluding hydrogens is 357 g/mol. The number of hydrogen-bond acceptors (Lipinski definition) is 3. The minimum atomic E-state index is -0.265. The Kier molecular flexibility index (Phi) is 7.81. The van der Waals surface area contributed by atoms with Gasteiger partial charge < -0.3 is 20.1 Å². The number of ether oxygens (including phenoxy) is 2. The number of para-hydroxylation sites is 1. The number of aliphatic imine (C=N–C) groups is 1. The fourth-order valence-electron chi connectivity index (χ4n) is 2.67. The molecule has 28 heavy (non-hydrogen) atoms. The van der Waals surface area contributed by atoms with Gasteiger partial charge in [-0.3, -0.25) is 4.99 Å². The summed E-state index contributed by atoms with van der Waals surface area (Å²) in [6.45, 7) is 7.42. The molecule has 0 radical (unpaired) electrons. The van der Waals surface area contributed by atoms with Crippen LogP contribution in [0.1, 0.15) is 37.5 Å². The molecule has 0 unspecified atom stereocenters. The SMILES string of the molecule is CN=C(NCc1ccc(F)c(COC)c1)NCc1ccccc1OC(C)(C)C. The van der Waals surface area contributed by atoms with E-state index in [4.69, 9.17) is 9.47 Å².